The molecule has 0 bridgehead atoms. The van der Waals surface area contributed by atoms with Crippen LogP contribution in [0, 0.1) is 12.8 Å². The number of anilines is 1. The van der Waals surface area contributed by atoms with Crippen LogP contribution in [0.15, 0.2) is 18.2 Å². The van der Waals surface area contributed by atoms with E-state index in [1.165, 1.54) is 0 Å². The molecule has 0 saturated carbocycles. The fourth-order valence-corrected chi connectivity index (χ4v) is 4.97. The molecular weight excluding hydrogens is 296 g/mol. The summed E-state index contributed by atoms with van der Waals surface area (Å²) in [5.41, 5.74) is 1.60. The lowest BCUT2D eigenvalue weighted by Gasteiger charge is -2.09. The molecule has 1 N–H and O–H groups in total. The van der Waals surface area contributed by atoms with Crippen molar-refractivity contribution in [3.8, 4) is 0 Å². The molecule has 20 heavy (non-hydrogen) atoms. The Morgan fingerprint density at radius 3 is 2.95 bits per heavy atom. The molecule has 1 aliphatic rings. The standard InChI is InChI=1S/C13H14N2O3S2/c1-8-14-11-3-2-10(6-12(11)19-8)15-13(16)9-4-5-20(17,18)7-9/h2-3,6,9H,4-5,7H2,1H3,(H,15,16). The number of rotatable bonds is 2. The van der Waals surface area contributed by atoms with E-state index in [9.17, 15) is 13.2 Å². The summed E-state index contributed by atoms with van der Waals surface area (Å²) < 4.78 is 23.8. The Hall–Kier alpha value is -1.47. The minimum atomic E-state index is -3.03. The lowest BCUT2D eigenvalue weighted by molar-refractivity contribution is -0.119. The summed E-state index contributed by atoms with van der Waals surface area (Å²) >= 11 is 1.57. The molecule has 106 valence electrons. The van der Waals surface area contributed by atoms with E-state index in [1.54, 1.807) is 17.4 Å². The summed E-state index contributed by atoms with van der Waals surface area (Å²) in [6.45, 7) is 1.94. The second kappa shape index (κ2) is 4.82. The molecule has 1 saturated heterocycles. The molecule has 5 nitrogen and oxygen atoms in total. The van der Waals surface area contributed by atoms with Gasteiger partial charge < -0.3 is 5.32 Å². The molecule has 0 spiro atoms. The number of fused-ring (bicyclic) bond motifs is 1. The van der Waals surface area contributed by atoms with E-state index in [1.807, 2.05) is 19.1 Å². The van der Waals surface area contributed by atoms with Crippen LogP contribution in [0.25, 0.3) is 10.2 Å². The highest BCUT2D eigenvalue weighted by atomic mass is 32.2. The first kappa shape index (κ1) is 13.5. The van der Waals surface area contributed by atoms with Crippen LogP contribution >= 0.6 is 11.3 Å². The average molecular weight is 310 g/mol. The van der Waals surface area contributed by atoms with Gasteiger partial charge in [-0.15, -0.1) is 11.3 Å². The van der Waals surface area contributed by atoms with Crippen molar-refractivity contribution >= 4 is 43.0 Å². The molecule has 3 rings (SSSR count). The SMILES string of the molecule is Cc1nc2ccc(NC(=O)C3CCS(=O)(=O)C3)cc2s1. The summed E-state index contributed by atoms with van der Waals surface area (Å²) in [6.07, 6.45) is 0.413. The third-order valence-corrected chi connectivity index (χ3v) is 6.07. The van der Waals surface area contributed by atoms with E-state index in [0.29, 0.717) is 12.1 Å². The van der Waals surface area contributed by atoms with E-state index < -0.39 is 15.8 Å². The number of aromatic nitrogens is 1. The minimum Gasteiger partial charge on any atom is -0.326 e. The normalized spacial score (nSPS) is 21.1. The summed E-state index contributed by atoms with van der Waals surface area (Å²) in [7, 11) is -3.03. The summed E-state index contributed by atoms with van der Waals surface area (Å²) in [5.74, 6) is -0.579. The van der Waals surface area contributed by atoms with Crippen molar-refractivity contribution < 1.29 is 13.2 Å². The van der Waals surface area contributed by atoms with Crippen LogP contribution in [0.3, 0.4) is 0 Å². The predicted molar refractivity (Wildman–Crippen MR) is 79.7 cm³/mol. The van der Waals surface area contributed by atoms with Crippen LogP contribution in [0.4, 0.5) is 5.69 Å². The minimum absolute atomic E-state index is 0.0409. The van der Waals surface area contributed by atoms with Crippen LogP contribution in [0.5, 0.6) is 0 Å². The smallest absolute Gasteiger partial charge is 0.228 e. The molecule has 1 aromatic carbocycles. The summed E-state index contributed by atoms with van der Waals surface area (Å²) in [4.78, 5) is 16.4. The van der Waals surface area contributed by atoms with Gasteiger partial charge in [-0.1, -0.05) is 0 Å². The van der Waals surface area contributed by atoms with Crippen LogP contribution in [0.2, 0.25) is 0 Å². The third-order valence-electron chi connectivity index (χ3n) is 3.37. The first-order valence-corrected chi connectivity index (χ1v) is 8.95. The Kier molecular flexibility index (Phi) is 3.25. The van der Waals surface area contributed by atoms with Crippen molar-refractivity contribution in [2.75, 3.05) is 16.8 Å². The van der Waals surface area contributed by atoms with Gasteiger partial charge >= 0.3 is 0 Å². The van der Waals surface area contributed by atoms with Crippen LogP contribution in [-0.2, 0) is 14.6 Å². The molecule has 1 unspecified atom stereocenters. The van der Waals surface area contributed by atoms with Gasteiger partial charge in [0.2, 0.25) is 5.91 Å². The van der Waals surface area contributed by atoms with Crippen LogP contribution in [-0.4, -0.2) is 30.8 Å². The van der Waals surface area contributed by atoms with Crippen molar-refractivity contribution in [2.24, 2.45) is 5.92 Å². The Morgan fingerprint density at radius 1 is 1.45 bits per heavy atom. The van der Waals surface area contributed by atoms with E-state index in [4.69, 9.17) is 0 Å². The van der Waals surface area contributed by atoms with Gasteiger partial charge in [0.05, 0.1) is 32.6 Å². The second-order valence-electron chi connectivity index (χ2n) is 5.00. The van der Waals surface area contributed by atoms with Crippen LogP contribution in [0.1, 0.15) is 11.4 Å². The highest BCUT2D eigenvalue weighted by Crippen LogP contribution is 2.26. The van der Waals surface area contributed by atoms with Crippen molar-refractivity contribution in [1.82, 2.24) is 4.98 Å². The Balaban J connectivity index is 1.77. The zero-order valence-corrected chi connectivity index (χ0v) is 12.6. The summed E-state index contributed by atoms with van der Waals surface area (Å²) in [5, 5.41) is 3.78. The number of hydrogen-bond acceptors (Lipinski definition) is 5. The van der Waals surface area contributed by atoms with E-state index in [2.05, 4.69) is 10.3 Å². The summed E-state index contributed by atoms with van der Waals surface area (Å²) in [6, 6.07) is 5.53. The van der Waals surface area contributed by atoms with Gasteiger partial charge in [-0.25, -0.2) is 13.4 Å². The molecule has 1 aromatic heterocycles. The van der Waals surface area contributed by atoms with Gasteiger partial charge in [-0.2, -0.15) is 0 Å². The number of hydrogen-bond donors (Lipinski definition) is 1. The van der Waals surface area contributed by atoms with E-state index in [0.717, 1.165) is 15.2 Å². The van der Waals surface area contributed by atoms with Gasteiger partial charge in [0.1, 0.15) is 0 Å². The number of carbonyl (C=O) groups excluding carboxylic acids is 1. The Labute approximate surface area is 120 Å². The second-order valence-corrected chi connectivity index (χ2v) is 8.47. The van der Waals surface area contributed by atoms with Gasteiger partial charge in [0.15, 0.2) is 9.84 Å². The maximum Gasteiger partial charge on any atom is 0.228 e. The molecule has 0 radical (unpaired) electrons. The molecule has 0 aliphatic carbocycles. The number of thiazole rings is 1. The van der Waals surface area contributed by atoms with Gasteiger partial charge in [-0.3, -0.25) is 4.79 Å². The first-order chi connectivity index (χ1) is 9.43. The molecule has 1 atom stereocenters. The lowest BCUT2D eigenvalue weighted by atomic mass is 10.1. The number of benzene rings is 1. The predicted octanol–water partition coefficient (Wildman–Crippen LogP) is 1.98. The number of nitrogens with one attached hydrogen (secondary N) is 1. The zero-order chi connectivity index (χ0) is 14.3. The topological polar surface area (TPSA) is 76.1 Å². The number of aryl methyl sites for hydroxylation is 1. The number of sulfone groups is 1. The third kappa shape index (κ3) is 2.69. The molecule has 1 fully saturated rings. The average Bonchev–Trinajstić information content (AvgIpc) is 2.90. The van der Waals surface area contributed by atoms with Gasteiger partial charge in [-0.05, 0) is 31.5 Å². The molecule has 2 aromatic rings. The fourth-order valence-electron chi connectivity index (χ4n) is 2.36. The highest BCUT2D eigenvalue weighted by molar-refractivity contribution is 7.91. The van der Waals surface area contributed by atoms with Gasteiger partial charge in [0, 0.05) is 5.69 Å². The molecule has 7 heteroatoms. The monoisotopic (exact) mass is 310 g/mol. The van der Waals surface area contributed by atoms with Crippen molar-refractivity contribution in [1.29, 1.82) is 0 Å². The maximum absolute atomic E-state index is 12.1. The zero-order valence-electron chi connectivity index (χ0n) is 10.9. The Bertz CT molecular complexity index is 780. The molecule has 2 heterocycles. The van der Waals surface area contributed by atoms with Gasteiger partial charge in [0.25, 0.3) is 0 Å². The number of carbonyl (C=O) groups is 1. The largest absolute Gasteiger partial charge is 0.326 e. The highest BCUT2D eigenvalue weighted by Gasteiger charge is 2.32. The number of nitrogens with zero attached hydrogens (tertiary/aromatic N) is 1. The van der Waals surface area contributed by atoms with E-state index in [-0.39, 0.29) is 17.4 Å². The molecule has 1 amide bonds. The lowest BCUT2D eigenvalue weighted by Crippen LogP contribution is -2.23. The van der Waals surface area contributed by atoms with Crippen molar-refractivity contribution in [3.05, 3.63) is 23.2 Å². The van der Waals surface area contributed by atoms with Crippen molar-refractivity contribution in [2.45, 2.75) is 13.3 Å². The van der Waals surface area contributed by atoms with E-state index >= 15 is 0 Å². The quantitative estimate of drug-likeness (QED) is 0.920. The maximum atomic E-state index is 12.1. The molecule has 1 aliphatic heterocycles. The Morgan fingerprint density at radius 2 is 2.25 bits per heavy atom. The van der Waals surface area contributed by atoms with Crippen LogP contribution < -0.4 is 5.32 Å². The fraction of sp³-hybridized carbons (Fsp3) is 0.385. The number of amides is 1. The van der Waals surface area contributed by atoms with Crippen molar-refractivity contribution in [3.63, 3.8) is 0 Å². The molecular formula is C13H14N2O3S2. The first-order valence-electron chi connectivity index (χ1n) is 6.31.